The first-order chi connectivity index (χ1) is 10.4. The summed E-state index contributed by atoms with van der Waals surface area (Å²) in [7, 11) is 0. The van der Waals surface area contributed by atoms with Gasteiger partial charge in [-0.25, -0.2) is 0 Å². The number of hydrogen-bond acceptors (Lipinski definition) is 4. The SMILES string of the molecule is CCC(C)C1=CC2(CCC(O)CC2)N(O)C12CCC(O)CC2. The Morgan fingerprint density at radius 3 is 2.09 bits per heavy atom. The molecule has 1 atom stereocenters. The van der Waals surface area contributed by atoms with Crippen molar-refractivity contribution in [3.63, 3.8) is 0 Å². The summed E-state index contributed by atoms with van der Waals surface area (Å²) in [4.78, 5) is 0. The van der Waals surface area contributed by atoms with Crippen molar-refractivity contribution >= 4 is 0 Å². The Bertz CT molecular complexity index is 432. The number of aliphatic hydroxyl groups is 2. The first kappa shape index (κ1) is 16.4. The van der Waals surface area contributed by atoms with Crippen molar-refractivity contribution in [2.45, 2.75) is 94.9 Å². The Kier molecular flexibility index (Phi) is 4.41. The number of hydrogen-bond donors (Lipinski definition) is 3. The van der Waals surface area contributed by atoms with Gasteiger partial charge in [0.05, 0.1) is 23.3 Å². The third kappa shape index (κ3) is 2.44. The number of nitrogens with zero attached hydrogens (tertiary/aromatic N) is 1. The summed E-state index contributed by atoms with van der Waals surface area (Å²) in [6, 6.07) is 0. The smallest absolute Gasteiger partial charge is 0.0684 e. The third-order valence-electron chi connectivity index (χ3n) is 6.54. The van der Waals surface area contributed by atoms with Gasteiger partial charge in [0.15, 0.2) is 0 Å². The lowest BCUT2D eigenvalue weighted by atomic mass is 9.72. The highest BCUT2D eigenvalue weighted by atomic mass is 16.5. The van der Waals surface area contributed by atoms with Gasteiger partial charge in [0.1, 0.15) is 0 Å². The van der Waals surface area contributed by atoms with Gasteiger partial charge < -0.3 is 15.4 Å². The van der Waals surface area contributed by atoms with Gasteiger partial charge in [0.25, 0.3) is 0 Å². The van der Waals surface area contributed by atoms with Crippen LogP contribution in [0.1, 0.15) is 71.6 Å². The molecule has 22 heavy (non-hydrogen) atoms. The molecule has 0 aromatic heterocycles. The van der Waals surface area contributed by atoms with Gasteiger partial charge in [0.2, 0.25) is 0 Å². The van der Waals surface area contributed by atoms with Gasteiger partial charge in [0, 0.05) is 0 Å². The van der Waals surface area contributed by atoms with Crippen LogP contribution in [-0.4, -0.2) is 43.8 Å². The number of aliphatic hydroxyl groups excluding tert-OH is 2. The predicted octanol–water partition coefficient (Wildman–Crippen LogP) is 3.01. The Hall–Kier alpha value is -0.420. The summed E-state index contributed by atoms with van der Waals surface area (Å²) in [5.74, 6) is 0.455. The van der Waals surface area contributed by atoms with Gasteiger partial charge in [-0.3, -0.25) is 0 Å². The molecule has 1 heterocycles. The minimum Gasteiger partial charge on any atom is -0.393 e. The van der Waals surface area contributed by atoms with Crippen LogP contribution in [0.25, 0.3) is 0 Å². The van der Waals surface area contributed by atoms with Crippen LogP contribution in [0.2, 0.25) is 0 Å². The summed E-state index contributed by atoms with van der Waals surface area (Å²) in [6.45, 7) is 4.46. The summed E-state index contributed by atoms with van der Waals surface area (Å²) in [5.41, 5.74) is 0.804. The molecule has 0 saturated heterocycles. The minimum atomic E-state index is -0.291. The average molecular weight is 309 g/mol. The van der Waals surface area contributed by atoms with E-state index in [1.807, 2.05) is 0 Å². The Labute approximate surface area is 133 Å². The molecule has 2 spiro atoms. The van der Waals surface area contributed by atoms with E-state index in [1.54, 1.807) is 5.06 Å². The molecular weight excluding hydrogens is 278 g/mol. The molecule has 0 aromatic carbocycles. The fourth-order valence-corrected chi connectivity index (χ4v) is 4.89. The molecule has 3 aliphatic rings. The van der Waals surface area contributed by atoms with Crippen LogP contribution in [0.4, 0.5) is 0 Å². The Balaban J connectivity index is 1.94. The fraction of sp³-hybridized carbons (Fsp3) is 0.889. The summed E-state index contributed by atoms with van der Waals surface area (Å²) >= 11 is 0. The lowest BCUT2D eigenvalue weighted by Gasteiger charge is -2.49. The van der Waals surface area contributed by atoms with Crippen molar-refractivity contribution in [2.24, 2.45) is 5.92 Å². The molecule has 0 aromatic rings. The second kappa shape index (κ2) is 5.90. The van der Waals surface area contributed by atoms with Gasteiger partial charge in [-0.2, -0.15) is 5.06 Å². The van der Waals surface area contributed by atoms with Crippen molar-refractivity contribution in [2.75, 3.05) is 0 Å². The molecule has 2 saturated carbocycles. The molecule has 0 amide bonds. The summed E-state index contributed by atoms with van der Waals surface area (Å²) in [5, 5.41) is 32.6. The van der Waals surface area contributed by atoms with Crippen LogP contribution >= 0.6 is 0 Å². The van der Waals surface area contributed by atoms with E-state index in [9.17, 15) is 15.4 Å². The minimum absolute atomic E-state index is 0.218. The van der Waals surface area contributed by atoms with E-state index in [1.165, 1.54) is 5.57 Å². The zero-order chi connectivity index (χ0) is 16.0. The fourth-order valence-electron chi connectivity index (χ4n) is 4.89. The third-order valence-corrected chi connectivity index (χ3v) is 6.54. The summed E-state index contributed by atoms with van der Waals surface area (Å²) in [6.07, 6.45) is 9.37. The highest BCUT2D eigenvalue weighted by molar-refractivity contribution is 5.36. The van der Waals surface area contributed by atoms with E-state index < -0.39 is 0 Å². The van der Waals surface area contributed by atoms with Gasteiger partial charge in [-0.15, -0.1) is 0 Å². The lowest BCUT2D eigenvalue weighted by molar-refractivity contribution is -0.227. The van der Waals surface area contributed by atoms with Crippen molar-refractivity contribution in [1.82, 2.24) is 5.06 Å². The number of rotatable bonds is 2. The van der Waals surface area contributed by atoms with E-state index in [-0.39, 0.29) is 23.3 Å². The molecule has 4 heteroatoms. The van der Waals surface area contributed by atoms with Crippen LogP contribution in [0, 0.1) is 5.92 Å². The molecule has 1 aliphatic heterocycles. The van der Waals surface area contributed by atoms with E-state index in [4.69, 9.17) is 0 Å². The topological polar surface area (TPSA) is 63.9 Å². The second-order valence-electron chi connectivity index (χ2n) is 7.82. The molecule has 3 rings (SSSR count). The molecule has 126 valence electrons. The Morgan fingerprint density at radius 1 is 1.09 bits per heavy atom. The van der Waals surface area contributed by atoms with E-state index >= 15 is 0 Å². The highest BCUT2D eigenvalue weighted by Gasteiger charge is 2.57. The normalized spacial score (nSPS) is 44.5. The summed E-state index contributed by atoms with van der Waals surface area (Å²) < 4.78 is 0. The molecule has 1 unspecified atom stereocenters. The molecule has 2 aliphatic carbocycles. The highest BCUT2D eigenvalue weighted by Crippen LogP contribution is 2.54. The van der Waals surface area contributed by atoms with E-state index in [0.29, 0.717) is 5.92 Å². The molecule has 0 radical (unpaired) electrons. The molecule has 3 N–H and O–H groups in total. The van der Waals surface area contributed by atoms with Crippen molar-refractivity contribution in [1.29, 1.82) is 0 Å². The van der Waals surface area contributed by atoms with Gasteiger partial charge in [-0.1, -0.05) is 19.9 Å². The maximum atomic E-state index is 11.2. The van der Waals surface area contributed by atoms with Crippen LogP contribution < -0.4 is 0 Å². The van der Waals surface area contributed by atoms with Crippen LogP contribution in [0.15, 0.2) is 11.6 Å². The molecule has 0 bridgehead atoms. The van der Waals surface area contributed by atoms with Crippen LogP contribution in [0.3, 0.4) is 0 Å². The van der Waals surface area contributed by atoms with Crippen LogP contribution in [0.5, 0.6) is 0 Å². The lowest BCUT2D eigenvalue weighted by Crippen LogP contribution is -2.57. The molecule has 2 fully saturated rings. The van der Waals surface area contributed by atoms with E-state index in [0.717, 1.165) is 57.8 Å². The largest absolute Gasteiger partial charge is 0.393 e. The maximum Gasteiger partial charge on any atom is 0.0684 e. The van der Waals surface area contributed by atoms with Crippen LogP contribution in [-0.2, 0) is 0 Å². The quantitative estimate of drug-likeness (QED) is 0.686. The predicted molar refractivity (Wildman–Crippen MR) is 85.6 cm³/mol. The standard InChI is InChI=1S/C18H31NO3/c1-3-13(2)16-12-17(8-4-14(20)5-9-17)19(22)18(16)10-6-15(21)7-11-18/h12-15,20-22H,3-11H2,1-2H3. The Morgan fingerprint density at radius 2 is 1.59 bits per heavy atom. The monoisotopic (exact) mass is 309 g/mol. The number of hydroxylamine groups is 2. The van der Waals surface area contributed by atoms with Gasteiger partial charge >= 0.3 is 0 Å². The average Bonchev–Trinajstić information content (AvgIpc) is 2.76. The van der Waals surface area contributed by atoms with Crippen molar-refractivity contribution in [3.8, 4) is 0 Å². The molecule has 4 nitrogen and oxygen atoms in total. The zero-order valence-corrected chi connectivity index (χ0v) is 14.0. The maximum absolute atomic E-state index is 11.2. The first-order valence-electron chi connectivity index (χ1n) is 9.02. The second-order valence-corrected chi connectivity index (χ2v) is 7.82. The van der Waals surface area contributed by atoms with Crippen molar-refractivity contribution < 1.29 is 15.4 Å². The molecular formula is C18H31NO3. The van der Waals surface area contributed by atoms with Crippen molar-refractivity contribution in [3.05, 3.63) is 11.6 Å². The van der Waals surface area contributed by atoms with Gasteiger partial charge in [-0.05, 0) is 69.3 Å². The zero-order valence-electron chi connectivity index (χ0n) is 14.0. The first-order valence-corrected chi connectivity index (χ1v) is 9.02. The van der Waals surface area contributed by atoms with E-state index in [2.05, 4.69) is 19.9 Å².